The Morgan fingerprint density at radius 3 is 2.58 bits per heavy atom. The molecule has 2 aliphatic rings. The van der Waals surface area contributed by atoms with Crippen molar-refractivity contribution in [3.8, 4) is 23.5 Å². The first-order valence-electron chi connectivity index (χ1n) is 11.8. The van der Waals surface area contributed by atoms with Gasteiger partial charge in [-0.1, -0.05) is 35.2 Å². The van der Waals surface area contributed by atoms with Gasteiger partial charge < -0.3 is 24.8 Å². The first-order chi connectivity index (χ1) is 18.6. The van der Waals surface area contributed by atoms with Gasteiger partial charge in [-0.15, -0.1) is 0 Å². The van der Waals surface area contributed by atoms with Gasteiger partial charge in [0.25, 0.3) is 0 Å². The van der Waals surface area contributed by atoms with Gasteiger partial charge in [0.05, 0.1) is 43.4 Å². The zero-order chi connectivity index (χ0) is 26.5. The van der Waals surface area contributed by atoms with E-state index < -0.39 is 0 Å². The van der Waals surface area contributed by atoms with Crippen molar-refractivity contribution in [1.82, 2.24) is 24.7 Å². The molecule has 38 heavy (non-hydrogen) atoms. The summed E-state index contributed by atoms with van der Waals surface area (Å²) in [5.74, 6) is 4.80. The molecule has 13 heteroatoms. The Labute approximate surface area is 229 Å². The third kappa shape index (κ3) is 5.52. The predicted molar refractivity (Wildman–Crippen MR) is 145 cm³/mol. The number of amidine groups is 1. The average Bonchev–Trinajstić information content (AvgIpc) is 3.28. The Kier molecular flexibility index (Phi) is 7.93. The maximum atomic E-state index is 6.57. The summed E-state index contributed by atoms with van der Waals surface area (Å²) in [4.78, 5) is 17.6. The molecule has 2 aliphatic heterocycles. The maximum Gasteiger partial charge on any atom is 0.230 e. The molecule has 1 fully saturated rings. The van der Waals surface area contributed by atoms with Gasteiger partial charge in [-0.3, -0.25) is 4.68 Å². The van der Waals surface area contributed by atoms with E-state index in [1.54, 1.807) is 12.3 Å². The molecule has 5 rings (SSSR count). The molecule has 2 N–H and O–H groups in total. The van der Waals surface area contributed by atoms with E-state index in [0.29, 0.717) is 52.8 Å². The number of aromatic nitrogens is 5. The van der Waals surface area contributed by atoms with Crippen molar-refractivity contribution in [3.63, 3.8) is 0 Å². The van der Waals surface area contributed by atoms with Crippen LogP contribution in [0.25, 0.3) is 5.57 Å². The van der Waals surface area contributed by atoms with Crippen LogP contribution in [-0.4, -0.2) is 58.0 Å². The normalized spacial score (nSPS) is 15.5. The zero-order valence-electron chi connectivity index (χ0n) is 20.7. The van der Waals surface area contributed by atoms with Gasteiger partial charge in [0.2, 0.25) is 5.95 Å². The van der Waals surface area contributed by atoms with Crippen LogP contribution in [0.1, 0.15) is 31.1 Å². The largest absolute Gasteiger partial charge is 0.495 e. The maximum absolute atomic E-state index is 6.57. The summed E-state index contributed by atoms with van der Waals surface area (Å²) < 4.78 is 18.1. The second-order valence-electron chi connectivity index (χ2n) is 8.29. The van der Waals surface area contributed by atoms with Crippen molar-refractivity contribution in [1.29, 1.82) is 0 Å². The van der Waals surface area contributed by atoms with Gasteiger partial charge in [0.1, 0.15) is 27.9 Å². The van der Waals surface area contributed by atoms with E-state index in [2.05, 4.69) is 47.6 Å². The molecule has 0 unspecified atom stereocenters. The Morgan fingerprint density at radius 2 is 1.84 bits per heavy atom. The van der Waals surface area contributed by atoms with E-state index in [-0.39, 0.29) is 10.0 Å². The van der Waals surface area contributed by atoms with Gasteiger partial charge in [-0.05, 0) is 12.8 Å². The Morgan fingerprint density at radius 1 is 1.08 bits per heavy atom. The third-order valence-corrected chi connectivity index (χ3v) is 6.71. The standard InChI is InChI=1S/C25H24Cl2N8O3/c1-36-18-11-19(37-2)21(27)22(20(18)26)33-23-17(5-3-4-8-28-23)24-29-14-30-25(34-24)32-15-12-31-35(13-15)16-6-9-38-10-7-16/h5,11-14,16H,3,6-7,9-10H2,1-2H3,(H,28,33)(H,29,30,32,34). The highest BCUT2D eigenvalue weighted by Gasteiger charge is 2.22. The quantitative estimate of drug-likeness (QED) is 0.398. The predicted octanol–water partition coefficient (Wildman–Crippen LogP) is 4.75. The highest BCUT2D eigenvalue weighted by molar-refractivity contribution is 6.43. The first-order valence-corrected chi connectivity index (χ1v) is 12.5. The molecule has 0 radical (unpaired) electrons. The summed E-state index contributed by atoms with van der Waals surface area (Å²) in [6, 6.07) is 4.68. The highest BCUT2D eigenvalue weighted by Crippen LogP contribution is 2.44. The molecule has 196 valence electrons. The number of hydrogen-bond acceptors (Lipinski definition) is 10. The minimum Gasteiger partial charge on any atom is -0.495 e. The van der Waals surface area contributed by atoms with Crippen LogP contribution in [0.2, 0.25) is 10.0 Å². The van der Waals surface area contributed by atoms with Gasteiger partial charge >= 0.3 is 0 Å². The van der Waals surface area contributed by atoms with E-state index in [9.17, 15) is 0 Å². The number of benzene rings is 1. The number of nitrogens with one attached hydrogen (secondary N) is 2. The number of allylic oxidation sites excluding steroid dienone is 1. The minimum atomic E-state index is 0.261. The Balaban J connectivity index is 1.41. The fourth-order valence-electron chi connectivity index (χ4n) is 4.02. The molecule has 0 spiro atoms. The van der Waals surface area contributed by atoms with Crippen molar-refractivity contribution < 1.29 is 14.2 Å². The van der Waals surface area contributed by atoms with Crippen molar-refractivity contribution in [2.45, 2.75) is 25.3 Å². The Hall–Kier alpha value is -3.85. The topological polar surface area (TPSA) is 121 Å². The summed E-state index contributed by atoms with van der Waals surface area (Å²) in [5, 5.41) is 11.4. The molecule has 0 amide bonds. The van der Waals surface area contributed by atoms with Crippen molar-refractivity contribution in [2.75, 3.05) is 38.1 Å². The average molecular weight is 555 g/mol. The van der Waals surface area contributed by atoms with E-state index >= 15 is 0 Å². The number of halogens is 2. The molecule has 0 aliphatic carbocycles. The summed E-state index contributed by atoms with van der Waals surface area (Å²) in [6.07, 6.45) is 9.27. The lowest BCUT2D eigenvalue weighted by Gasteiger charge is -2.22. The van der Waals surface area contributed by atoms with Crippen LogP contribution in [0, 0.1) is 12.0 Å². The summed E-state index contributed by atoms with van der Waals surface area (Å²) in [5.41, 5.74) is 1.70. The minimum absolute atomic E-state index is 0.261. The van der Waals surface area contributed by atoms with Crippen LogP contribution in [0.15, 0.2) is 35.9 Å². The van der Waals surface area contributed by atoms with Gasteiger partial charge in [-0.2, -0.15) is 15.1 Å². The van der Waals surface area contributed by atoms with E-state index in [1.807, 2.05) is 17.0 Å². The molecular formula is C25H24Cl2N8O3. The number of anilines is 3. The molecule has 0 bridgehead atoms. The SMILES string of the molecule is COc1cc(OC)c(Cl)c(NC2=NC#CCC=C2c2ncnc(Nc3cnn(C4CCOCC4)c3)n2)c1Cl. The third-order valence-electron chi connectivity index (χ3n) is 5.96. The van der Waals surface area contributed by atoms with Gasteiger partial charge in [0.15, 0.2) is 11.7 Å². The fourth-order valence-corrected chi connectivity index (χ4v) is 4.62. The first kappa shape index (κ1) is 25.8. The highest BCUT2D eigenvalue weighted by atomic mass is 35.5. The summed E-state index contributed by atoms with van der Waals surface area (Å²) >= 11 is 13.1. The van der Waals surface area contributed by atoms with Crippen LogP contribution in [-0.2, 0) is 4.74 Å². The molecular weight excluding hydrogens is 531 g/mol. The van der Waals surface area contributed by atoms with Gasteiger partial charge in [0, 0.05) is 37.9 Å². The van der Waals surface area contributed by atoms with E-state index in [1.165, 1.54) is 20.5 Å². The number of aliphatic imine (C=N–C) groups is 1. The van der Waals surface area contributed by atoms with Crippen LogP contribution in [0.4, 0.5) is 17.3 Å². The molecule has 3 aromatic rings. The number of hydrogen-bond donors (Lipinski definition) is 2. The van der Waals surface area contributed by atoms with Crippen LogP contribution < -0.4 is 20.1 Å². The second-order valence-corrected chi connectivity index (χ2v) is 9.05. The zero-order valence-corrected chi connectivity index (χ0v) is 22.2. The van der Waals surface area contributed by atoms with Gasteiger partial charge in [-0.25, -0.2) is 9.97 Å². The lowest BCUT2D eigenvalue weighted by Crippen LogP contribution is -2.19. The van der Waals surface area contributed by atoms with Crippen molar-refractivity contribution >= 4 is 51.9 Å². The smallest absolute Gasteiger partial charge is 0.230 e. The number of methoxy groups -OCH3 is 2. The molecule has 1 aromatic carbocycles. The monoisotopic (exact) mass is 554 g/mol. The lowest BCUT2D eigenvalue weighted by atomic mass is 10.1. The molecule has 2 aromatic heterocycles. The molecule has 4 heterocycles. The lowest BCUT2D eigenvalue weighted by molar-refractivity contribution is 0.0662. The number of nitrogens with zero attached hydrogens (tertiary/aromatic N) is 6. The van der Waals surface area contributed by atoms with Crippen LogP contribution in [0.3, 0.4) is 0 Å². The molecule has 1 saturated heterocycles. The number of ether oxygens (including phenoxy) is 3. The van der Waals surface area contributed by atoms with Crippen LogP contribution in [0.5, 0.6) is 11.5 Å². The van der Waals surface area contributed by atoms with Crippen molar-refractivity contribution in [3.05, 3.63) is 46.7 Å². The molecule has 0 saturated carbocycles. The second kappa shape index (κ2) is 11.7. The van der Waals surface area contributed by atoms with Crippen LogP contribution >= 0.6 is 23.2 Å². The van der Waals surface area contributed by atoms with E-state index in [0.717, 1.165) is 31.7 Å². The Bertz CT molecular complexity index is 1430. The van der Waals surface area contributed by atoms with E-state index in [4.69, 9.17) is 37.4 Å². The molecule has 0 atom stereocenters. The summed E-state index contributed by atoms with van der Waals surface area (Å²) in [6.45, 7) is 1.47. The summed E-state index contributed by atoms with van der Waals surface area (Å²) in [7, 11) is 3.01. The number of rotatable bonds is 7. The fraction of sp³-hybridized carbons (Fsp3) is 0.320. The molecule has 11 nitrogen and oxygen atoms in total. The van der Waals surface area contributed by atoms with Crippen molar-refractivity contribution in [2.24, 2.45) is 4.99 Å².